The quantitative estimate of drug-likeness (QED) is 0.0687. The van der Waals surface area contributed by atoms with Gasteiger partial charge in [0, 0.05) is 26.8 Å². The summed E-state index contributed by atoms with van der Waals surface area (Å²) in [4.78, 5) is 10.0. The molecule has 0 aliphatic rings. The zero-order valence-electron chi connectivity index (χ0n) is 25.1. The van der Waals surface area contributed by atoms with E-state index in [0.717, 1.165) is 48.5 Å². The summed E-state index contributed by atoms with van der Waals surface area (Å²) in [6.07, 6.45) is 20.4. The Morgan fingerprint density at radius 1 is 0.615 bits per heavy atom. The number of para-hydroxylation sites is 1. The minimum atomic E-state index is 0. The minimum absolute atomic E-state index is 0. The Morgan fingerprint density at radius 2 is 1.21 bits per heavy atom. The average Bonchev–Trinajstić information content (AvgIpc) is 2.93. The van der Waals surface area contributed by atoms with E-state index in [-0.39, 0.29) is 20.4 Å². The topological polar surface area (TPSA) is 24.7 Å². The first-order valence-corrected chi connectivity index (χ1v) is 15.4. The molecule has 39 heavy (non-hydrogen) atoms. The van der Waals surface area contributed by atoms with Gasteiger partial charge in [0.15, 0.2) is 0 Å². The Hall–Kier alpha value is -2.00. The van der Waals surface area contributed by atoms with E-state index in [1.54, 1.807) is 0 Å². The summed E-state index contributed by atoms with van der Waals surface area (Å²) < 4.78 is 0. The van der Waals surface area contributed by atoms with Crippen LogP contribution in [0.3, 0.4) is 0 Å². The van der Waals surface area contributed by atoms with Crippen molar-refractivity contribution >= 4 is 22.8 Å². The molecule has 0 bridgehead atoms. The van der Waals surface area contributed by atoms with Crippen molar-refractivity contribution in [1.82, 2.24) is 0 Å². The summed E-state index contributed by atoms with van der Waals surface area (Å²) >= 11 is 0. The van der Waals surface area contributed by atoms with E-state index in [9.17, 15) is 0 Å². The molecule has 0 saturated carbocycles. The van der Waals surface area contributed by atoms with Crippen molar-refractivity contribution in [2.75, 3.05) is 0 Å². The number of nitrogens with zero attached hydrogens (tertiary/aromatic N) is 2. The fourth-order valence-electron chi connectivity index (χ4n) is 4.52. The molecule has 3 heteroatoms. The predicted molar refractivity (Wildman–Crippen MR) is 170 cm³/mol. The molecule has 0 aliphatic carbocycles. The number of unbranched alkanes of at least 4 members (excludes halogenated alkanes) is 13. The van der Waals surface area contributed by atoms with Crippen LogP contribution in [0.15, 0.2) is 58.5 Å². The molecule has 2 nitrogen and oxygen atoms in total. The Kier molecular flexibility index (Phi) is 20.5. The molecule has 0 spiro atoms. The van der Waals surface area contributed by atoms with Gasteiger partial charge in [-0.2, -0.15) is 0 Å². The van der Waals surface area contributed by atoms with E-state index in [0.29, 0.717) is 0 Å². The fraction of sp³-hybridized carbons (Fsp3) is 0.556. The largest absolute Gasteiger partial charge is 0.251 e. The molecule has 0 fully saturated rings. The Bertz CT molecular complexity index is 1030. The monoisotopic (exact) mass is 618 g/mol. The van der Waals surface area contributed by atoms with Crippen molar-refractivity contribution < 1.29 is 20.4 Å². The van der Waals surface area contributed by atoms with Gasteiger partial charge in [-0.1, -0.05) is 121 Å². The van der Waals surface area contributed by atoms with Crippen molar-refractivity contribution in [3.05, 3.63) is 59.7 Å². The summed E-state index contributed by atoms with van der Waals surface area (Å²) in [6.45, 7) is 8.79. The van der Waals surface area contributed by atoms with Gasteiger partial charge >= 0.3 is 0 Å². The zero-order chi connectivity index (χ0) is 27.3. The van der Waals surface area contributed by atoms with E-state index < -0.39 is 0 Å². The van der Waals surface area contributed by atoms with Gasteiger partial charge in [0.2, 0.25) is 0 Å². The van der Waals surface area contributed by atoms with Gasteiger partial charge in [0.1, 0.15) is 5.71 Å². The third kappa shape index (κ3) is 16.0. The van der Waals surface area contributed by atoms with Crippen LogP contribution in [0.5, 0.6) is 0 Å². The summed E-state index contributed by atoms with van der Waals surface area (Å²) in [5.41, 5.74) is 6.29. The van der Waals surface area contributed by atoms with E-state index >= 15 is 0 Å². The van der Waals surface area contributed by atoms with Gasteiger partial charge in [0.25, 0.3) is 0 Å². The van der Waals surface area contributed by atoms with Crippen molar-refractivity contribution in [1.29, 1.82) is 0 Å². The molecule has 0 unspecified atom stereocenters. The fourth-order valence-corrected chi connectivity index (χ4v) is 4.52. The second-order valence-electron chi connectivity index (χ2n) is 10.7. The van der Waals surface area contributed by atoms with Gasteiger partial charge in [0.05, 0.1) is 17.1 Å². The van der Waals surface area contributed by atoms with Gasteiger partial charge < -0.3 is 0 Å². The van der Waals surface area contributed by atoms with Crippen LogP contribution in [0.1, 0.15) is 128 Å². The van der Waals surface area contributed by atoms with Gasteiger partial charge in [-0.05, 0) is 74.4 Å². The van der Waals surface area contributed by atoms with Gasteiger partial charge in [-0.25, -0.2) is 4.99 Å². The third-order valence-electron chi connectivity index (χ3n) is 7.15. The van der Waals surface area contributed by atoms with Crippen LogP contribution < -0.4 is 0 Å². The van der Waals surface area contributed by atoms with Crippen LogP contribution in [0.4, 0.5) is 11.4 Å². The maximum Gasteiger partial charge on any atom is 0.135 e. The van der Waals surface area contributed by atoms with Crippen molar-refractivity contribution in [3.63, 3.8) is 0 Å². The maximum absolute atomic E-state index is 5.02. The average molecular weight is 619 g/mol. The SMILES string of the molecule is CCCCCCCCCCCCCCC#CC(=N\c1ccc(C)c(C)c1)/C(CCCC)=N/c1ccccc1.[Pd]. The van der Waals surface area contributed by atoms with Crippen LogP contribution in [0.25, 0.3) is 0 Å². The number of rotatable bonds is 18. The molecule has 0 N–H and O–H groups in total. The molecule has 2 aromatic carbocycles. The maximum atomic E-state index is 5.02. The first-order valence-electron chi connectivity index (χ1n) is 15.4. The Balaban J connectivity index is 0.00000760. The molecular formula is C36H52N2Pd. The molecule has 0 aliphatic heterocycles. The Labute approximate surface area is 254 Å². The van der Waals surface area contributed by atoms with Crippen molar-refractivity contribution in [3.8, 4) is 11.8 Å². The summed E-state index contributed by atoms with van der Waals surface area (Å²) in [5, 5.41) is 0. The first-order chi connectivity index (χ1) is 18.6. The first kappa shape index (κ1) is 35.0. The molecule has 2 aromatic rings. The predicted octanol–water partition coefficient (Wildman–Crippen LogP) is 11.4. The number of aliphatic imine (C=N–C) groups is 2. The van der Waals surface area contributed by atoms with Gasteiger partial charge in [-0.3, -0.25) is 4.99 Å². The molecule has 0 heterocycles. The molecule has 0 amide bonds. The standard InChI is InChI=1S/C36H52N2.Pd/c1-5-7-9-10-11-12-13-14-15-16-17-18-19-23-27-36(38-34-29-28-31(3)32(4)30-34)35(26-8-6-2)37-33-24-21-20-22-25-33;/h20-22,24-25,28-30H,5-19,26H2,1-4H3;/b37-35+,38-36+;. The van der Waals surface area contributed by atoms with Crippen LogP contribution >= 0.6 is 0 Å². The minimum Gasteiger partial charge on any atom is -0.251 e. The smallest absolute Gasteiger partial charge is 0.135 e. The number of aryl methyl sites for hydroxylation is 2. The van der Waals surface area contributed by atoms with E-state index in [2.05, 4.69) is 69.9 Å². The second-order valence-corrected chi connectivity index (χ2v) is 10.7. The van der Waals surface area contributed by atoms with E-state index in [4.69, 9.17) is 9.98 Å². The molecular weight excluding hydrogens is 567 g/mol. The summed E-state index contributed by atoms with van der Waals surface area (Å²) in [5.74, 6) is 6.89. The van der Waals surface area contributed by atoms with Gasteiger partial charge in [-0.15, -0.1) is 0 Å². The molecule has 0 saturated heterocycles. The molecule has 216 valence electrons. The van der Waals surface area contributed by atoms with Crippen LogP contribution in [-0.2, 0) is 20.4 Å². The van der Waals surface area contributed by atoms with Crippen molar-refractivity contribution in [2.45, 2.75) is 130 Å². The molecule has 2 rings (SSSR count). The number of benzene rings is 2. The summed E-state index contributed by atoms with van der Waals surface area (Å²) in [7, 11) is 0. The normalized spacial score (nSPS) is 11.6. The van der Waals surface area contributed by atoms with Crippen LogP contribution in [0, 0.1) is 25.7 Å². The zero-order valence-corrected chi connectivity index (χ0v) is 26.7. The summed E-state index contributed by atoms with van der Waals surface area (Å²) in [6, 6.07) is 16.6. The second kappa shape index (κ2) is 22.8. The molecule has 0 atom stereocenters. The Morgan fingerprint density at radius 3 is 1.79 bits per heavy atom. The molecule has 0 aromatic heterocycles. The van der Waals surface area contributed by atoms with Crippen molar-refractivity contribution in [2.24, 2.45) is 9.98 Å². The van der Waals surface area contributed by atoms with E-state index in [1.807, 2.05) is 18.2 Å². The molecule has 0 radical (unpaired) electrons. The van der Waals surface area contributed by atoms with Crippen LogP contribution in [-0.4, -0.2) is 11.4 Å². The number of hydrogen-bond acceptors (Lipinski definition) is 2. The third-order valence-corrected chi connectivity index (χ3v) is 7.15. The van der Waals surface area contributed by atoms with E-state index in [1.165, 1.54) is 88.2 Å². The number of hydrogen-bond donors (Lipinski definition) is 0. The van der Waals surface area contributed by atoms with Crippen LogP contribution in [0.2, 0.25) is 0 Å².